The van der Waals surface area contributed by atoms with Crippen LogP contribution < -0.4 is 14.8 Å². The Kier molecular flexibility index (Phi) is 7.19. The van der Waals surface area contributed by atoms with Crippen LogP contribution in [0.5, 0.6) is 11.5 Å². The predicted molar refractivity (Wildman–Crippen MR) is 116 cm³/mol. The number of carbonyl (C=O) groups is 1. The molecule has 30 heavy (non-hydrogen) atoms. The summed E-state index contributed by atoms with van der Waals surface area (Å²) in [6.07, 6.45) is 3.15. The van der Waals surface area contributed by atoms with Crippen LogP contribution in [-0.4, -0.2) is 18.0 Å². The molecule has 0 unspecified atom stereocenters. The van der Waals surface area contributed by atoms with Crippen LogP contribution in [-0.2, 0) is 11.4 Å². The lowest BCUT2D eigenvalue weighted by molar-refractivity contribution is -0.117. The van der Waals surface area contributed by atoms with Crippen LogP contribution in [0.2, 0.25) is 0 Å². The zero-order valence-electron chi connectivity index (χ0n) is 17.0. The highest BCUT2D eigenvalue weighted by Crippen LogP contribution is 2.22. The third-order valence-corrected chi connectivity index (χ3v) is 5.20. The molecule has 0 radical (unpaired) electrons. The first kappa shape index (κ1) is 21.5. The van der Waals surface area contributed by atoms with E-state index in [-0.39, 0.29) is 17.7 Å². The maximum atomic E-state index is 13.9. The highest BCUT2D eigenvalue weighted by Gasteiger charge is 2.11. The van der Waals surface area contributed by atoms with Crippen molar-refractivity contribution in [1.29, 1.82) is 0 Å². The largest absolute Gasteiger partial charge is 0.494 e. The molecule has 0 bridgehead atoms. The minimum Gasteiger partial charge on any atom is -0.494 e. The standard InChI is InChI=1S/C23H23FN2O3S/c1-15(18-8-9-22(28-3)21(24)12-18)25-23(27)10-7-17-5-4-6-20(11-17)29-13-19-14-30-16(2)26-19/h4-12,14-15H,13H2,1-3H3,(H,25,27)/b10-7-/t15-/m0/s1. The molecular weight excluding hydrogens is 403 g/mol. The van der Waals surface area contributed by atoms with Gasteiger partial charge in [0.2, 0.25) is 5.91 Å². The van der Waals surface area contributed by atoms with Crippen LogP contribution in [0.4, 0.5) is 4.39 Å². The number of nitrogens with one attached hydrogen (secondary N) is 1. The Labute approximate surface area is 179 Å². The van der Waals surface area contributed by atoms with Crippen molar-refractivity contribution in [3.63, 3.8) is 0 Å². The highest BCUT2D eigenvalue weighted by molar-refractivity contribution is 7.09. The summed E-state index contributed by atoms with van der Waals surface area (Å²) in [4.78, 5) is 16.6. The Morgan fingerprint density at radius 3 is 2.83 bits per heavy atom. The average Bonchev–Trinajstić information content (AvgIpc) is 3.16. The molecule has 2 aromatic carbocycles. The molecule has 0 saturated heterocycles. The molecule has 1 heterocycles. The van der Waals surface area contributed by atoms with Gasteiger partial charge in [-0.2, -0.15) is 0 Å². The van der Waals surface area contributed by atoms with Crippen LogP contribution in [0, 0.1) is 12.7 Å². The SMILES string of the molecule is COc1ccc([C@H](C)NC(=O)/C=C\c2cccc(OCc3csc(C)n3)c2)cc1F. The molecule has 156 valence electrons. The molecule has 0 fully saturated rings. The second-order valence-corrected chi connectivity index (χ2v) is 7.74. The lowest BCUT2D eigenvalue weighted by atomic mass is 10.1. The first-order chi connectivity index (χ1) is 14.4. The average molecular weight is 427 g/mol. The van der Waals surface area contributed by atoms with Crippen molar-refractivity contribution in [1.82, 2.24) is 10.3 Å². The van der Waals surface area contributed by atoms with E-state index in [9.17, 15) is 9.18 Å². The number of carbonyl (C=O) groups excluding carboxylic acids is 1. The van der Waals surface area contributed by atoms with E-state index in [1.807, 2.05) is 36.6 Å². The van der Waals surface area contributed by atoms with Crippen molar-refractivity contribution < 1.29 is 18.7 Å². The van der Waals surface area contributed by atoms with Crippen LogP contribution in [0.3, 0.4) is 0 Å². The molecule has 1 amide bonds. The Balaban J connectivity index is 1.57. The van der Waals surface area contributed by atoms with Gasteiger partial charge in [0.1, 0.15) is 12.4 Å². The van der Waals surface area contributed by atoms with Crippen LogP contribution in [0.15, 0.2) is 53.9 Å². The Bertz CT molecular complexity index is 1050. The normalized spacial score (nSPS) is 12.0. The van der Waals surface area contributed by atoms with E-state index in [0.717, 1.165) is 16.3 Å². The minimum absolute atomic E-state index is 0.171. The summed E-state index contributed by atoms with van der Waals surface area (Å²) in [7, 11) is 1.41. The van der Waals surface area contributed by atoms with E-state index in [1.54, 1.807) is 36.5 Å². The first-order valence-electron chi connectivity index (χ1n) is 9.40. The number of hydrogen-bond donors (Lipinski definition) is 1. The summed E-state index contributed by atoms with van der Waals surface area (Å²) >= 11 is 1.59. The number of hydrogen-bond acceptors (Lipinski definition) is 5. The Morgan fingerprint density at radius 1 is 1.30 bits per heavy atom. The van der Waals surface area contributed by atoms with Gasteiger partial charge in [-0.3, -0.25) is 4.79 Å². The van der Waals surface area contributed by atoms with E-state index in [0.29, 0.717) is 17.9 Å². The predicted octanol–water partition coefficient (Wildman–Crippen LogP) is 5.07. The summed E-state index contributed by atoms with van der Waals surface area (Å²) < 4.78 is 24.5. The Hall–Kier alpha value is -3.19. The molecule has 0 aliphatic carbocycles. The Morgan fingerprint density at radius 2 is 2.13 bits per heavy atom. The van der Waals surface area contributed by atoms with Crippen molar-refractivity contribution >= 4 is 23.3 Å². The van der Waals surface area contributed by atoms with E-state index >= 15 is 0 Å². The van der Waals surface area contributed by atoms with Gasteiger partial charge < -0.3 is 14.8 Å². The summed E-state index contributed by atoms with van der Waals surface area (Å²) in [6.45, 7) is 4.15. The number of ether oxygens (including phenoxy) is 2. The maximum absolute atomic E-state index is 13.9. The monoisotopic (exact) mass is 426 g/mol. The van der Waals surface area contributed by atoms with E-state index in [2.05, 4.69) is 10.3 Å². The molecule has 0 aliphatic rings. The van der Waals surface area contributed by atoms with Gasteiger partial charge in [0, 0.05) is 11.5 Å². The van der Waals surface area contributed by atoms with Crippen LogP contribution >= 0.6 is 11.3 Å². The van der Waals surface area contributed by atoms with Gasteiger partial charge in [-0.05, 0) is 55.3 Å². The topological polar surface area (TPSA) is 60.5 Å². The number of aromatic nitrogens is 1. The van der Waals surface area contributed by atoms with Crippen molar-refractivity contribution in [2.75, 3.05) is 7.11 Å². The summed E-state index contributed by atoms with van der Waals surface area (Å²) in [6, 6.07) is 11.7. The quantitative estimate of drug-likeness (QED) is 0.511. The van der Waals surface area contributed by atoms with Gasteiger partial charge >= 0.3 is 0 Å². The fourth-order valence-corrected chi connectivity index (χ4v) is 3.41. The molecule has 7 heteroatoms. The number of thiazole rings is 1. The van der Waals surface area contributed by atoms with Crippen LogP contribution in [0.1, 0.15) is 34.8 Å². The van der Waals surface area contributed by atoms with Gasteiger partial charge in [0.05, 0.1) is 23.9 Å². The van der Waals surface area contributed by atoms with E-state index in [4.69, 9.17) is 9.47 Å². The fraction of sp³-hybridized carbons (Fsp3) is 0.217. The highest BCUT2D eigenvalue weighted by atomic mass is 32.1. The molecule has 0 saturated carbocycles. The lowest BCUT2D eigenvalue weighted by Crippen LogP contribution is -2.24. The third kappa shape index (κ3) is 5.90. The number of aryl methyl sites for hydroxylation is 1. The zero-order chi connectivity index (χ0) is 21.5. The molecule has 1 atom stereocenters. The fourth-order valence-electron chi connectivity index (χ4n) is 2.81. The van der Waals surface area contributed by atoms with Crippen molar-refractivity contribution in [2.24, 2.45) is 0 Å². The van der Waals surface area contributed by atoms with Crippen molar-refractivity contribution in [3.8, 4) is 11.5 Å². The van der Waals surface area contributed by atoms with E-state index < -0.39 is 5.82 Å². The third-order valence-electron chi connectivity index (χ3n) is 4.37. The lowest BCUT2D eigenvalue weighted by Gasteiger charge is -2.14. The molecule has 1 aromatic heterocycles. The maximum Gasteiger partial charge on any atom is 0.244 e. The number of amides is 1. The molecule has 0 aliphatic heterocycles. The molecular formula is C23H23FN2O3S. The number of benzene rings is 2. The first-order valence-corrected chi connectivity index (χ1v) is 10.3. The van der Waals surface area contributed by atoms with Gasteiger partial charge in [-0.15, -0.1) is 11.3 Å². The second kappa shape index (κ2) is 10.0. The number of nitrogens with zero attached hydrogens (tertiary/aromatic N) is 1. The molecule has 5 nitrogen and oxygen atoms in total. The van der Waals surface area contributed by atoms with Gasteiger partial charge in [0.25, 0.3) is 0 Å². The second-order valence-electron chi connectivity index (χ2n) is 6.68. The number of halogens is 1. The molecule has 0 spiro atoms. The molecule has 3 aromatic rings. The van der Waals surface area contributed by atoms with Gasteiger partial charge in [-0.1, -0.05) is 18.2 Å². The van der Waals surface area contributed by atoms with Crippen molar-refractivity contribution in [2.45, 2.75) is 26.5 Å². The smallest absolute Gasteiger partial charge is 0.244 e. The number of methoxy groups -OCH3 is 1. The number of rotatable bonds is 8. The molecule has 3 rings (SSSR count). The summed E-state index contributed by atoms with van der Waals surface area (Å²) in [5.41, 5.74) is 2.38. The summed E-state index contributed by atoms with van der Waals surface area (Å²) in [5.74, 6) is 0.133. The minimum atomic E-state index is -0.462. The summed E-state index contributed by atoms with van der Waals surface area (Å²) in [5, 5.41) is 5.80. The van der Waals surface area contributed by atoms with E-state index in [1.165, 1.54) is 19.3 Å². The molecule has 1 N–H and O–H groups in total. The van der Waals surface area contributed by atoms with Gasteiger partial charge in [0.15, 0.2) is 11.6 Å². The zero-order valence-corrected chi connectivity index (χ0v) is 17.8. The van der Waals surface area contributed by atoms with Crippen molar-refractivity contribution in [3.05, 3.63) is 81.6 Å². The van der Waals surface area contributed by atoms with Crippen LogP contribution in [0.25, 0.3) is 6.08 Å². The van der Waals surface area contributed by atoms with Gasteiger partial charge in [-0.25, -0.2) is 9.37 Å².